The zero-order chi connectivity index (χ0) is 51.1. The fraction of sp³-hybridized carbons (Fsp3) is 0.404. The molecule has 10 rings (SSSR count). The predicted molar refractivity (Wildman–Crippen MR) is 249 cm³/mol. The van der Waals surface area contributed by atoms with E-state index in [0.717, 1.165) is 46.0 Å². The number of benzene rings is 2. The van der Waals surface area contributed by atoms with Crippen molar-refractivity contribution < 1.29 is 58.6 Å². The van der Waals surface area contributed by atoms with E-state index in [0.29, 0.717) is 48.2 Å². The lowest BCUT2D eigenvalue weighted by Gasteiger charge is -2.23. The van der Waals surface area contributed by atoms with E-state index < -0.39 is 66.2 Å². The third kappa shape index (κ3) is 11.5. The van der Waals surface area contributed by atoms with Crippen molar-refractivity contribution in [3.05, 3.63) is 125 Å². The third-order valence-electron chi connectivity index (χ3n) is 12.2. The Kier molecular flexibility index (Phi) is 16.5. The summed E-state index contributed by atoms with van der Waals surface area (Å²) in [6.07, 6.45) is -5.61. The molecule has 4 aliphatic rings. The van der Waals surface area contributed by atoms with E-state index in [1.807, 2.05) is 18.4 Å². The summed E-state index contributed by atoms with van der Waals surface area (Å²) in [5.74, 6) is 0.435. The largest absolute Gasteiger partial charge is 0.447 e. The average Bonchev–Trinajstić information content (AvgIpc) is 4.13. The van der Waals surface area contributed by atoms with Gasteiger partial charge in [0, 0.05) is 49.6 Å². The van der Waals surface area contributed by atoms with Crippen LogP contribution in [0.5, 0.6) is 0 Å². The van der Waals surface area contributed by atoms with Crippen LogP contribution in [0, 0.1) is 6.08 Å². The van der Waals surface area contributed by atoms with Crippen LogP contribution < -0.4 is 20.9 Å². The minimum Gasteiger partial charge on any atom is -0.447 e. The van der Waals surface area contributed by atoms with E-state index in [1.165, 1.54) is 61.3 Å². The fourth-order valence-corrected chi connectivity index (χ4v) is 8.68. The summed E-state index contributed by atoms with van der Waals surface area (Å²) >= 11 is 0. The van der Waals surface area contributed by atoms with E-state index in [1.54, 1.807) is 17.2 Å². The number of nitrogens with zero attached hydrogens (tertiary/aromatic N) is 10. The zero-order valence-corrected chi connectivity index (χ0v) is 38.8. The van der Waals surface area contributed by atoms with Crippen LogP contribution in [0.15, 0.2) is 73.6 Å². The predicted octanol–water partition coefficient (Wildman–Crippen LogP) is 9.20. The molecule has 0 spiro atoms. The Bertz CT molecular complexity index is 2930. The van der Waals surface area contributed by atoms with Crippen molar-refractivity contribution in [2.45, 2.75) is 110 Å². The van der Waals surface area contributed by atoms with Crippen molar-refractivity contribution in [1.82, 2.24) is 39.0 Å². The molecule has 4 aromatic heterocycles. The lowest BCUT2D eigenvalue weighted by atomic mass is 9.97. The number of nitrogens with one attached hydrogen (secondary N) is 1. The Balaban J connectivity index is 0.000000194. The molecule has 2 amide bonds. The number of amides is 2. The summed E-state index contributed by atoms with van der Waals surface area (Å²) < 4.78 is 131. The number of fused-ring (bicyclic) bond motifs is 6. The van der Waals surface area contributed by atoms with Crippen LogP contribution in [0.2, 0.25) is 0 Å². The molecule has 2 saturated heterocycles. The van der Waals surface area contributed by atoms with Crippen LogP contribution in [0.1, 0.15) is 92.2 Å². The number of aromatic nitrogens is 8. The molecule has 16 nitrogen and oxygen atoms in total. The van der Waals surface area contributed by atoms with Gasteiger partial charge < -0.3 is 29.7 Å². The van der Waals surface area contributed by atoms with Crippen molar-refractivity contribution in [2.75, 3.05) is 28.3 Å². The average molecular weight is 1030 g/mol. The highest BCUT2D eigenvalue weighted by Gasteiger charge is 2.41. The second-order valence-electron chi connectivity index (χ2n) is 17.0. The summed E-state index contributed by atoms with van der Waals surface area (Å²) in [5.41, 5.74) is 10.7. The van der Waals surface area contributed by atoms with Crippen LogP contribution in [0.3, 0.4) is 0 Å². The van der Waals surface area contributed by atoms with Crippen molar-refractivity contribution in [3.8, 4) is 11.4 Å². The normalized spacial score (nSPS) is 18.3. The highest BCUT2D eigenvalue weighted by Crippen LogP contribution is 2.37. The lowest BCUT2D eigenvalue weighted by molar-refractivity contribution is -0.138. The maximum absolute atomic E-state index is 14.0. The number of imidazole rings is 2. The van der Waals surface area contributed by atoms with E-state index in [4.69, 9.17) is 15.2 Å². The van der Waals surface area contributed by atoms with E-state index in [2.05, 4.69) is 35.2 Å². The molecule has 26 heteroatoms. The summed E-state index contributed by atoms with van der Waals surface area (Å²) in [6.45, 7) is 6.24. The zero-order valence-electron chi connectivity index (χ0n) is 38.8. The number of nitrogens with two attached hydrogens (primary N) is 1. The van der Waals surface area contributed by atoms with Crippen LogP contribution in [-0.4, -0.2) is 97.3 Å². The minimum absolute atomic E-state index is 0. The van der Waals surface area contributed by atoms with Crippen molar-refractivity contribution in [1.29, 1.82) is 0 Å². The third-order valence-corrected chi connectivity index (χ3v) is 12.2. The van der Waals surface area contributed by atoms with Crippen molar-refractivity contribution in [2.24, 2.45) is 5.73 Å². The van der Waals surface area contributed by atoms with Gasteiger partial charge >= 0.3 is 30.6 Å². The van der Waals surface area contributed by atoms with E-state index in [9.17, 15) is 49.1 Å². The van der Waals surface area contributed by atoms with Gasteiger partial charge in [-0.05, 0) is 113 Å². The number of hydrogen-bond donors (Lipinski definition) is 2. The number of cyclic esters (lactones) is 2. The monoisotopic (exact) mass is 1030 g/mol. The van der Waals surface area contributed by atoms with Gasteiger partial charge in [-0.15, -0.1) is 0 Å². The molecule has 0 unspecified atom stereocenters. The number of anilines is 3. The van der Waals surface area contributed by atoms with Crippen molar-refractivity contribution in [3.63, 3.8) is 0 Å². The molecule has 6 aromatic rings. The SMILES string of the molecule is C.C[C@H](F)[C@H]1COC(=O)N1c1ccnc(F)n1.C[C@H](N)c1ncn2c1CCc1cc(C(F)(F)F)ccc1-2.C[C@H](Nc1nccc(N2C(=O)OC[C@@H]2[C@H](C)F)n1)c1ncn2c1CCc1cc(C(F)(F)F)ccc1-2.[B]. The second kappa shape index (κ2) is 21.9. The number of ether oxygens (including phenoxy) is 2. The quantitative estimate of drug-likeness (QED) is 0.0839. The molecule has 8 heterocycles. The molecule has 2 fully saturated rings. The minimum atomic E-state index is -4.39. The van der Waals surface area contributed by atoms with Crippen LogP contribution in [0.25, 0.3) is 11.4 Å². The molecule has 0 saturated carbocycles. The Morgan fingerprint density at radius 3 is 1.56 bits per heavy atom. The highest BCUT2D eigenvalue weighted by atomic mass is 19.4. The first-order chi connectivity index (χ1) is 33.6. The summed E-state index contributed by atoms with van der Waals surface area (Å²) in [7, 11) is 0. The van der Waals surface area contributed by atoms with Gasteiger partial charge in [-0.2, -0.15) is 40.7 Å². The van der Waals surface area contributed by atoms with Crippen LogP contribution >= 0.6 is 0 Å². The first-order valence-electron chi connectivity index (χ1n) is 22.2. The van der Waals surface area contributed by atoms with Gasteiger partial charge in [0.25, 0.3) is 0 Å². The Morgan fingerprint density at radius 2 is 1.11 bits per heavy atom. The number of rotatable bonds is 8. The molecule has 0 aliphatic carbocycles. The molecule has 73 heavy (non-hydrogen) atoms. The molecular weight excluding hydrogens is 978 g/mol. The number of carbonyl (C=O) groups is 2. The summed E-state index contributed by atoms with van der Waals surface area (Å²) in [6, 6.07) is 8.32. The first kappa shape index (κ1) is 55.1. The lowest BCUT2D eigenvalue weighted by Crippen LogP contribution is -2.39. The maximum Gasteiger partial charge on any atom is 0.416 e. The molecule has 0 bridgehead atoms. The number of hydrogen-bond acceptors (Lipinski definition) is 12. The van der Waals surface area contributed by atoms with Gasteiger partial charge in [-0.3, -0.25) is 9.80 Å². The second-order valence-corrected chi connectivity index (χ2v) is 17.0. The van der Waals surface area contributed by atoms with Gasteiger partial charge in [0.1, 0.15) is 49.3 Å². The number of alkyl halides is 8. The molecule has 3 radical (unpaired) electrons. The molecule has 387 valence electrons. The standard InChI is InChI=1S/C23H22F4N6O2.C14H14F3N3.C9H9F2N3O2.CH4.B/c1-12(24)18-10-35-22(34)33(18)19-7-8-28-21(31-19)30-13(2)20-17-5-3-14-9-15(23(25,26)27)4-6-16(14)32(17)11-29-20;1-8(18)13-12-4-2-9-6-10(14(15,16)17)3-5-11(9)20(12)7-19-13;1-5(10)6-4-16-9(15)14(6)7-2-3-12-8(11)13-7;;/h4,6-9,11-13,18H,3,5,10H2,1-2H3,(H,28,30,31);3,5-8H,2,4,18H2,1H3;2-3,5-6H,4H2,1H3;1H4;/t12-,13-,18+;8-;5-,6+;;/m000../s1. The Morgan fingerprint density at radius 1 is 0.658 bits per heavy atom. The van der Waals surface area contributed by atoms with E-state index in [-0.39, 0.29) is 58.7 Å². The van der Waals surface area contributed by atoms with Gasteiger partial charge in [-0.1, -0.05) is 7.43 Å². The molecule has 2 aromatic carbocycles. The smallest absolute Gasteiger partial charge is 0.416 e. The number of halogens is 9. The Hall–Kier alpha value is -7.25. The van der Waals surface area contributed by atoms with Gasteiger partial charge in [-0.25, -0.2) is 38.3 Å². The molecule has 6 atom stereocenters. The summed E-state index contributed by atoms with van der Waals surface area (Å²) in [5, 5.41) is 3.15. The first-order valence-corrected chi connectivity index (χ1v) is 22.2. The van der Waals surface area contributed by atoms with Crippen LogP contribution in [0.4, 0.5) is 66.7 Å². The topological polar surface area (TPSA) is 184 Å². The number of carbonyl (C=O) groups excluding carboxylic acids is 2. The fourth-order valence-electron chi connectivity index (χ4n) is 8.68. The highest BCUT2D eigenvalue weighted by molar-refractivity contribution is 5.90. The maximum atomic E-state index is 14.0. The molecule has 3 N–H and O–H groups in total. The van der Waals surface area contributed by atoms with E-state index >= 15 is 0 Å². The van der Waals surface area contributed by atoms with Gasteiger partial charge in [0.2, 0.25) is 5.95 Å². The number of aryl methyl sites for hydroxylation is 2. The van der Waals surface area contributed by atoms with Gasteiger partial charge in [0.05, 0.1) is 41.2 Å². The van der Waals surface area contributed by atoms with Crippen LogP contribution in [-0.2, 0) is 47.5 Å². The summed E-state index contributed by atoms with van der Waals surface area (Å²) in [4.78, 5) is 49.7. The Labute approximate surface area is 414 Å². The molecular formula is C47H49BF9N12O4. The van der Waals surface area contributed by atoms with Gasteiger partial charge in [0.15, 0.2) is 0 Å². The molecule has 4 aliphatic heterocycles. The van der Waals surface area contributed by atoms with Crippen molar-refractivity contribution >= 4 is 38.2 Å².